The van der Waals surface area contributed by atoms with Crippen LogP contribution in [0.15, 0.2) is 29.2 Å². The lowest BCUT2D eigenvalue weighted by atomic mass is 10.1. The molecule has 0 bridgehead atoms. The number of hydrogen-bond acceptors (Lipinski definition) is 5. The zero-order valence-electron chi connectivity index (χ0n) is 13.9. The van der Waals surface area contributed by atoms with Crippen LogP contribution in [0.1, 0.15) is 13.8 Å². The minimum Gasteiger partial charge on any atom is -0.454 e. The smallest absolute Gasteiger partial charge is 0.324 e. The van der Waals surface area contributed by atoms with Crippen molar-refractivity contribution in [2.45, 2.75) is 24.8 Å². The lowest BCUT2D eigenvalue weighted by Crippen LogP contribution is -2.46. The summed E-state index contributed by atoms with van der Waals surface area (Å²) in [5.74, 6) is -1.59. The Bertz CT molecular complexity index is 704. The first-order chi connectivity index (χ1) is 11.0. The van der Waals surface area contributed by atoms with Crippen molar-refractivity contribution in [3.8, 4) is 0 Å². The molecule has 0 spiro atoms. The van der Waals surface area contributed by atoms with E-state index >= 15 is 0 Å². The third-order valence-corrected chi connectivity index (χ3v) is 4.82. The Morgan fingerprint density at radius 3 is 2.42 bits per heavy atom. The number of carbonyl (C=O) groups is 2. The number of rotatable bonds is 7. The van der Waals surface area contributed by atoms with Crippen LogP contribution in [-0.2, 0) is 24.3 Å². The molecule has 7 nitrogen and oxygen atoms in total. The number of likely N-dealkylation sites (N-methyl/N-ethyl adjacent to an activating group) is 1. The Kier molecular flexibility index (Phi) is 7.19. The van der Waals surface area contributed by atoms with E-state index in [0.717, 1.165) is 0 Å². The van der Waals surface area contributed by atoms with E-state index in [1.165, 1.54) is 37.2 Å². The van der Waals surface area contributed by atoms with Gasteiger partial charge in [0.05, 0.1) is 4.90 Å². The molecule has 0 unspecified atom stereocenters. The Morgan fingerprint density at radius 2 is 1.92 bits per heavy atom. The summed E-state index contributed by atoms with van der Waals surface area (Å²) in [6.07, 6.45) is 0. The summed E-state index contributed by atoms with van der Waals surface area (Å²) in [4.78, 5) is 24.8. The molecule has 0 aliphatic rings. The highest BCUT2D eigenvalue weighted by molar-refractivity contribution is 7.89. The van der Waals surface area contributed by atoms with E-state index in [1.807, 2.05) is 0 Å². The van der Waals surface area contributed by atoms with Gasteiger partial charge in [0.15, 0.2) is 6.61 Å². The van der Waals surface area contributed by atoms with E-state index < -0.39 is 34.5 Å². The molecule has 1 atom stereocenters. The molecule has 1 aromatic rings. The van der Waals surface area contributed by atoms with Gasteiger partial charge in [0.2, 0.25) is 10.0 Å². The summed E-state index contributed by atoms with van der Waals surface area (Å²) in [6, 6.07) is 4.56. The molecule has 1 aromatic carbocycles. The van der Waals surface area contributed by atoms with Crippen LogP contribution < -0.4 is 4.72 Å². The molecule has 1 amide bonds. The van der Waals surface area contributed by atoms with E-state index in [0.29, 0.717) is 0 Å². The average molecular weight is 377 g/mol. The van der Waals surface area contributed by atoms with Crippen LogP contribution in [0.2, 0.25) is 5.02 Å². The minimum atomic E-state index is -3.96. The molecule has 0 aliphatic heterocycles. The number of halogens is 1. The largest absolute Gasteiger partial charge is 0.454 e. The maximum absolute atomic E-state index is 12.4. The fourth-order valence-corrected chi connectivity index (χ4v) is 3.31. The lowest BCUT2D eigenvalue weighted by molar-refractivity contribution is -0.153. The number of nitrogens with one attached hydrogen (secondary N) is 1. The van der Waals surface area contributed by atoms with Crippen LogP contribution in [0.5, 0.6) is 0 Å². The van der Waals surface area contributed by atoms with E-state index in [1.54, 1.807) is 19.9 Å². The topological polar surface area (TPSA) is 92.8 Å². The maximum Gasteiger partial charge on any atom is 0.324 e. The summed E-state index contributed by atoms with van der Waals surface area (Å²) in [5.41, 5.74) is 0. The van der Waals surface area contributed by atoms with Crippen LogP contribution in [-0.4, -0.2) is 51.9 Å². The van der Waals surface area contributed by atoms with Crippen molar-refractivity contribution in [2.24, 2.45) is 5.92 Å². The Morgan fingerprint density at radius 1 is 1.29 bits per heavy atom. The predicted molar refractivity (Wildman–Crippen MR) is 90.1 cm³/mol. The molecule has 0 saturated carbocycles. The number of hydrogen-bond donors (Lipinski definition) is 1. The molecular weight excluding hydrogens is 356 g/mol. The molecule has 1 N–H and O–H groups in total. The number of sulfonamides is 1. The van der Waals surface area contributed by atoms with Gasteiger partial charge in [-0.3, -0.25) is 9.59 Å². The zero-order valence-corrected chi connectivity index (χ0v) is 15.5. The molecule has 1 rings (SSSR count). The number of amides is 1. The Labute approximate surface area is 147 Å². The molecule has 0 radical (unpaired) electrons. The Hall–Kier alpha value is -1.64. The number of ether oxygens (including phenoxy) is 1. The lowest BCUT2D eigenvalue weighted by Gasteiger charge is -2.21. The summed E-state index contributed by atoms with van der Waals surface area (Å²) in [6.45, 7) is 2.88. The van der Waals surface area contributed by atoms with Gasteiger partial charge < -0.3 is 9.64 Å². The van der Waals surface area contributed by atoms with Crippen LogP contribution in [0, 0.1) is 5.92 Å². The van der Waals surface area contributed by atoms with Crippen molar-refractivity contribution in [1.29, 1.82) is 0 Å². The first-order valence-corrected chi connectivity index (χ1v) is 9.05. The van der Waals surface area contributed by atoms with Gasteiger partial charge in [-0.05, 0) is 24.1 Å². The van der Waals surface area contributed by atoms with E-state index in [9.17, 15) is 18.0 Å². The number of benzene rings is 1. The third kappa shape index (κ3) is 5.77. The van der Waals surface area contributed by atoms with Gasteiger partial charge >= 0.3 is 5.97 Å². The highest BCUT2D eigenvalue weighted by Gasteiger charge is 2.30. The third-order valence-electron chi connectivity index (χ3n) is 3.15. The zero-order chi connectivity index (χ0) is 18.5. The van der Waals surface area contributed by atoms with Crippen LogP contribution in [0.25, 0.3) is 0 Å². The molecular formula is C15H21ClN2O5S. The molecule has 24 heavy (non-hydrogen) atoms. The van der Waals surface area contributed by atoms with Crippen molar-refractivity contribution in [1.82, 2.24) is 9.62 Å². The van der Waals surface area contributed by atoms with E-state index in [-0.39, 0.29) is 15.8 Å². The summed E-state index contributed by atoms with van der Waals surface area (Å²) in [5, 5.41) is 0.262. The second-order valence-corrected chi connectivity index (χ2v) is 7.85. The molecule has 0 heterocycles. The van der Waals surface area contributed by atoms with Crippen LogP contribution in [0.3, 0.4) is 0 Å². The molecule has 0 saturated heterocycles. The van der Waals surface area contributed by atoms with Gasteiger partial charge in [-0.25, -0.2) is 8.42 Å². The fraction of sp³-hybridized carbons (Fsp3) is 0.467. The maximum atomic E-state index is 12.4. The van der Waals surface area contributed by atoms with Crippen molar-refractivity contribution >= 4 is 33.5 Å². The summed E-state index contributed by atoms with van der Waals surface area (Å²) >= 11 is 5.80. The van der Waals surface area contributed by atoms with Crippen molar-refractivity contribution in [2.75, 3.05) is 20.7 Å². The first kappa shape index (κ1) is 20.4. The SMILES string of the molecule is CC(C)[C@H](NS(=O)(=O)c1cccc(Cl)c1)C(=O)OCC(=O)N(C)C. The quantitative estimate of drug-likeness (QED) is 0.723. The van der Waals surface area contributed by atoms with Gasteiger partial charge in [-0.1, -0.05) is 31.5 Å². The highest BCUT2D eigenvalue weighted by Crippen LogP contribution is 2.17. The van der Waals surface area contributed by atoms with Gasteiger partial charge in [0.25, 0.3) is 5.91 Å². The second-order valence-electron chi connectivity index (χ2n) is 5.70. The fourth-order valence-electron chi connectivity index (χ4n) is 1.68. The normalized spacial score (nSPS) is 12.8. The van der Waals surface area contributed by atoms with Crippen molar-refractivity contribution < 1.29 is 22.7 Å². The van der Waals surface area contributed by atoms with Gasteiger partial charge in [0, 0.05) is 19.1 Å². The van der Waals surface area contributed by atoms with Crippen molar-refractivity contribution in [3.63, 3.8) is 0 Å². The molecule has 134 valence electrons. The minimum absolute atomic E-state index is 0.0576. The van der Waals surface area contributed by atoms with Crippen LogP contribution >= 0.6 is 11.6 Å². The van der Waals surface area contributed by atoms with Crippen LogP contribution in [0.4, 0.5) is 0 Å². The Balaban J connectivity index is 2.89. The van der Waals surface area contributed by atoms with E-state index in [2.05, 4.69) is 4.72 Å². The summed E-state index contributed by atoms with van der Waals surface area (Å²) < 4.78 is 32.0. The predicted octanol–water partition coefficient (Wildman–Crippen LogP) is 1.27. The molecule has 9 heteroatoms. The summed E-state index contributed by atoms with van der Waals surface area (Å²) in [7, 11) is -0.906. The monoisotopic (exact) mass is 376 g/mol. The van der Waals surface area contributed by atoms with E-state index in [4.69, 9.17) is 16.3 Å². The molecule has 0 aliphatic carbocycles. The second kappa shape index (κ2) is 8.46. The number of carbonyl (C=O) groups excluding carboxylic acids is 2. The standard InChI is InChI=1S/C15H21ClN2O5S/c1-10(2)14(15(20)23-9-13(19)18(3)4)17-24(21,22)12-7-5-6-11(16)8-12/h5-8,10,14,17H,9H2,1-4H3/t14-/m0/s1. The first-order valence-electron chi connectivity index (χ1n) is 7.19. The average Bonchev–Trinajstić information content (AvgIpc) is 2.49. The highest BCUT2D eigenvalue weighted by atomic mass is 35.5. The van der Waals surface area contributed by atoms with Gasteiger partial charge in [-0.2, -0.15) is 4.72 Å². The number of esters is 1. The van der Waals surface area contributed by atoms with Crippen molar-refractivity contribution in [3.05, 3.63) is 29.3 Å². The molecule has 0 aromatic heterocycles. The number of nitrogens with zero attached hydrogens (tertiary/aromatic N) is 1. The van der Waals surface area contributed by atoms with Gasteiger partial charge in [0.1, 0.15) is 6.04 Å². The molecule has 0 fully saturated rings. The van der Waals surface area contributed by atoms with Gasteiger partial charge in [-0.15, -0.1) is 0 Å².